The van der Waals surface area contributed by atoms with Gasteiger partial charge in [0.15, 0.2) is 15.5 Å². The topological polar surface area (TPSA) is 93.5 Å². The van der Waals surface area contributed by atoms with Crippen molar-refractivity contribution in [1.82, 2.24) is 20.0 Å². The normalized spacial score (nSPS) is 14.5. The van der Waals surface area contributed by atoms with Gasteiger partial charge >= 0.3 is 0 Å². The molecular weight excluding hydrogens is 559 g/mol. The van der Waals surface area contributed by atoms with Gasteiger partial charge in [0.25, 0.3) is 5.91 Å². The predicted molar refractivity (Wildman–Crippen MR) is 153 cm³/mol. The maximum atomic E-state index is 13.3. The molecule has 0 unspecified atom stereocenters. The molecule has 1 aliphatic rings. The van der Waals surface area contributed by atoms with Crippen LogP contribution in [0, 0.1) is 11.8 Å². The highest BCUT2D eigenvalue weighted by Gasteiger charge is 2.33. The van der Waals surface area contributed by atoms with Crippen molar-refractivity contribution >= 4 is 38.9 Å². The number of nitrogens with one attached hydrogen (secondary N) is 1. The lowest BCUT2D eigenvalue weighted by atomic mass is 10.1. The van der Waals surface area contributed by atoms with E-state index in [0.717, 1.165) is 19.3 Å². The summed E-state index contributed by atoms with van der Waals surface area (Å²) in [5.74, 6) is 5.68. The minimum absolute atomic E-state index is 0.197. The summed E-state index contributed by atoms with van der Waals surface area (Å²) in [5.41, 5.74) is 0.984. The second-order valence-corrected chi connectivity index (χ2v) is 13.1. The number of amides is 1. The third-order valence-corrected chi connectivity index (χ3v) is 7.53. The molecule has 1 aliphatic heterocycles. The van der Waals surface area contributed by atoms with Crippen LogP contribution in [-0.4, -0.2) is 73.6 Å². The molecule has 3 aromatic rings. The second-order valence-electron chi connectivity index (χ2n) is 10.3. The van der Waals surface area contributed by atoms with Gasteiger partial charge in [0.2, 0.25) is 0 Å². The molecule has 11 heteroatoms. The van der Waals surface area contributed by atoms with Crippen LogP contribution in [0.5, 0.6) is 0 Å². The number of hydrogen-bond donors (Lipinski definition) is 1. The van der Waals surface area contributed by atoms with Crippen molar-refractivity contribution in [3.63, 3.8) is 0 Å². The molecule has 0 spiro atoms. The van der Waals surface area contributed by atoms with E-state index < -0.39 is 21.3 Å². The highest BCUT2D eigenvalue weighted by molar-refractivity contribution is 7.91. The number of hydrogen-bond acceptors (Lipinski definition) is 6. The number of carbonyl (C=O) groups is 1. The molecule has 1 amide bonds. The highest BCUT2D eigenvalue weighted by atomic mass is 35.5. The average molecular weight is 590 g/mol. The van der Waals surface area contributed by atoms with Gasteiger partial charge in [-0.1, -0.05) is 47.2 Å². The molecule has 0 atom stereocenters. The van der Waals surface area contributed by atoms with Crippen molar-refractivity contribution in [2.24, 2.45) is 0 Å². The number of carbonyl (C=O) groups excluding carboxylic acids is 1. The first-order valence-electron chi connectivity index (χ1n) is 12.3. The van der Waals surface area contributed by atoms with E-state index in [1.807, 2.05) is 0 Å². The van der Waals surface area contributed by atoms with Crippen molar-refractivity contribution < 1.29 is 17.9 Å². The number of ether oxygens (including phenoxy) is 1. The van der Waals surface area contributed by atoms with Gasteiger partial charge in [0, 0.05) is 41.0 Å². The quantitative estimate of drug-likeness (QED) is 0.442. The highest BCUT2D eigenvalue weighted by Crippen LogP contribution is 2.35. The zero-order valence-electron chi connectivity index (χ0n) is 22.2. The van der Waals surface area contributed by atoms with E-state index in [-0.39, 0.29) is 16.3 Å². The molecule has 0 saturated carbocycles. The first kappa shape index (κ1) is 29.1. The Kier molecular flexibility index (Phi) is 8.74. The van der Waals surface area contributed by atoms with Crippen LogP contribution >= 0.6 is 23.2 Å². The van der Waals surface area contributed by atoms with Crippen molar-refractivity contribution in [1.29, 1.82) is 0 Å². The minimum atomic E-state index is -3.91. The summed E-state index contributed by atoms with van der Waals surface area (Å²) in [4.78, 5) is 15.3. The predicted octanol–water partition coefficient (Wildman–Crippen LogP) is 4.46. The van der Waals surface area contributed by atoms with E-state index in [9.17, 15) is 13.2 Å². The van der Waals surface area contributed by atoms with Gasteiger partial charge in [0.05, 0.1) is 36.2 Å². The van der Waals surface area contributed by atoms with Crippen molar-refractivity contribution in [2.45, 2.75) is 31.2 Å². The average Bonchev–Trinajstić information content (AvgIpc) is 3.26. The molecule has 39 heavy (non-hydrogen) atoms. The maximum absolute atomic E-state index is 13.3. The molecule has 206 valence electrons. The van der Waals surface area contributed by atoms with Gasteiger partial charge in [-0.2, -0.15) is 5.10 Å². The van der Waals surface area contributed by atoms with Crippen LogP contribution < -0.4 is 5.32 Å². The van der Waals surface area contributed by atoms with E-state index in [1.54, 1.807) is 63.2 Å². The first-order chi connectivity index (χ1) is 18.3. The molecule has 1 saturated heterocycles. The Morgan fingerprint density at radius 3 is 2.36 bits per heavy atom. The molecule has 4 rings (SSSR count). The Hall–Kier alpha value is -2.87. The van der Waals surface area contributed by atoms with Crippen molar-refractivity contribution in [3.05, 3.63) is 63.8 Å². The van der Waals surface area contributed by atoms with Crippen LogP contribution in [0.4, 0.5) is 0 Å². The molecule has 1 aromatic heterocycles. The molecule has 8 nitrogen and oxygen atoms in total. The number of aromatic nitrogens is 2. The fourth-order valence-corrected chi connectivity index (χ4v) is 5.53. The molecular formula is C28H30Cl2N4O4S. The van der Waals surface area contributed by atoms with Crippen LogP contribution in [0.15, 0.2) is 47.4 Å². The Bertz CT molecular complexity index is 1540. The Balaban J connectivity index is 1.83. The molecule has 2 aromatic carbocycles. The van der Waals surface area contributed by atoms with Crippen LogP contribution in [-0.2, 0) is 14.6 Å². The summed E-state index contributed by atoms with van der Waals surface area (Å²) in [7, 11) is -3.91. The summed E-state index contributed by atoms with van der Waals surface area (Å²) >= 11 is 12.8. The Morgan fingerprint density at radius 1 is 1.10 bits per heavy atom. The molecule has 0 bridgehead atoms. The molecule has 0 aliphatic carbocycles. The monoisotopic (exact) mass is 588 g/mol. The van der Waals surface area contributed by atoms with E-state index in [4.69, 9.17) is 27.9 Å². The van der Waals surface area contributed by atoms with Gasteiger partial charge in [-0.05, 0) is 51.1 Å². The Labute approximate surface area is 239 Å². The summed E-state index contributed by atoms with van der Waals surface area (Å²) in [6, 6.07) is 11.8. The van der Waals surface area contributed by atoms with Gasteiger partial charge < -0.3 is 10.1 Å². The van der Waals surface area contributed by atoms with Gasteiger partial charge in [-0.15, -0.1) is 0 Å². The molecule has 0 radical (unpaired) electrons. The largest absolute Gasteiger partial charge is 0.379 e. The zero-order chi connectivity index (χ0) is 28.4. The molecule has 2 heterocycles. The standard InChI is InChI=1S/C28H30Cl2N4O4S/c1-28(2,3)31-27(35)24-26(39(4,36)37)25(20-8-10-21(29)11-9-20)34(32-24)23-12-7-19(18-22(23)30)6-5-13-33-14-16-38-17-15-33/h7-12,18H,13-17H2,1-4H3,(H,31,35). The molecule has 1 N–H and O–H groups in total. The first-order valence-corrected chi connectivity index (χ1v) is 15.0. The van der Waals surface area contributed by atoms with Crippen LogP contribution in [0.1, 0.15) is 36.8 Å². The third kappa shape index (κ3) is 7.21. The number of halogens is 2. The molecule has 1 fully saturated rings. The van der Waals surface area contributed by atoms with Gasteiger partial charge in [-0.25, -0.2) is 13.1 Å². The zero-order valence-corrected chi connectivity index (χ0v) is 24.5. The van der Waals surface area contributed by atoms with Gasteiger partial charge in [-0.3, -0.25) is 9.69 Å². The summed E-state index contributed by atoms with van der Waals surface area (Å²) < 4.78 is 33.0. The van der Waals surface area contributed by atoms with Crippen molar-refractivity contribution in [2.75, 3.05) is 39.1 Å². The lowest BCUT2D eigenvalue weighted by Gasteiger charge is -2.24. The summed E-state index contributed by atoms with van der Waals surface area (Å²) in [6.07, 6.45) is 1.05. The number of benzene rings is 2. The minimum Gasteiger partial charge on any atom is -0.379 e. The number of sulfone groups is 1. The number of morpholine rings is 1. The van der Waals surface area contributed by atoms with Crippen LogP contribution in [0.25, 0.3) is 16.9 Å². The lowest BCUT2D eigenvalue weighted by molar-refractivity contribution is 0.0443. The summed E-state index contributed by atoms with van der Waals surface area (Å²) in [6.45, 7) is 9.12. The fourth-order valence-electron chi connectivity index (χ4n) is 4.11. The number of rotatable bonds is 5. The van der Waals surface area contributed by atoms with Crippen LogP contribution in [0.2, 0.25) is 10.0 Å². The van der Waals surface area contributed by atoms with Crippen molar-refractivity contribution in [3.8, 4) is 28.8 Å². The smallest absolute Gasteiger partial charge is 0.273 e. The van der Waals surface area contributed by atoms with Crippen LogP contribution in [0.3, 0.4) is 0 Å². The van der Waals surface area contributed by atoms with E-state index >= 15 is 0 Å². The van der Waals surface area contributed by atoms with E-state index in [0.29, 0.717) is 46.6 Å². The van der Waals surface area contributed by atoms with Gasteiger partial charge in [0.1, 0.15) is 4.90 Å². The summed E-state index contributed by atoms with van der Waals surface area (Å²) in [5, 5.41) is 8.09. The Morgan fingerprint density at radius 2 is 1.77 bits per heavy atom. The number of nitrogens with zero attached hydrogens (tertiary/aromatic N) is 3. The van der Waals surface area contributed by atoms with E-state index in [2.05, 4.69) is 27.2 Å². The SMILES string of the molecule is CC(C)(C)NC(=O)c1nn(-c2ccc(C#CCN3CCOCC3)cc2Cl)c(-c2ccc(Cl)cc2)c1S(C)(=O)=O. The maximum Gasteiger partial charge on any atom is 0.273 e. The third-order valence-electron chi connectivity index (χ3n) is 5.85. The fraction of sp³-hybridized carbons (Fsp3) is 0.357. The second kappa shape index (κ2) is 11.7. The lowest BCUT2D eigenvalue weighted by Crippen LogP contribution is -2.41. The van der Waals surface area contributed by atoms with E-state index in [1.165, 1.54) is 4.68 Å².